The lowest BCUT2D eigenvalue weighted by atomic mass is 9.93. The van der Waals surface area contributed by atoms with Crippen molar-refractivity contribution in [2.75, 3.05) is 5.32 Å². The van der Waals surface area contributed by atoms with Gasteiger partial charge in [-0.1, -0.05) is 23.7 Å². The van der Waals surface area contributed by atoms with E-state index in [0.717, 1.165) is 17.5 Å². The van der Waals surface area contributed by atoms with Crippen LogP contribution in [0.5, 0.6) is 0 Å². The highest BCUT2D eigenvalue weighted by atomic mass is 35.5. The third kappa shape index (κ3) is 4.22. The van der Waals surface area contributed by atoms with Crippen LogP contribution >= 0.6 is 11.6 Å². The lowest BCUT2D eigenvalue weighted by Gasteiger charge is -2.13. The van der Waals surface area contributed by atoms with Gasteiger partial charge in [-0.25, -0.2) is 5.43 Å². The number of rotatable bonds is 4. The number of amides is 2. The number of hydrazone groups is 1. The predicted molar refractivity (Wildman–Crippen MR) is 119 cm³/mol. The molecule has 3 aromatic rings. The maximum absolute atomic E-state index is 12.9. The van der Waals surface area contributed by atoms with Crippen LogP contribution in [-0.4, -0.2) is 22.5 Å². The molecule has 0 unspecified atom stereocenters. The number of aromatic nitrogens is 1. The first kappa shape index (κ1) is 20.8. The molecule has 0 atom stereocenters. The molecule has 7 nitrogen and oxygen atoms in total. The Morgan fingerprint density at radius 1 is 1.06 bits per heavy atom. The number of aryl methyl sites for hydroxylation is 1. The molecule has 8 heteroatoms. The Kier molecular flexibility index (Phi) is 5.86. The van der Waals surface area contributed by atoms with E-state index in [1.807, 2.05) is 13.8 Å². The van der Waals surface area contributed by atoms with Gasteiger partial charge in [-0.15, -0.1) is 0 Å². The van der Waals surface area contributed by atoms with Crippen molar-refractivity contribution >= 4 is 34.8 Å². The number of hydrogen-bond donors (Lipinski definition) is 2. The smallest absolute Gasteiger partial charge is 0.291 e. The topological polar surface area (TPSA) is 96.6 Å². The van der Waals surface area contributed by atoms with Gasteiger partial charge in [0.15, 0.2) is 5.76 Å². The number of hydrogen-bond acceptors (Lipinski definition) is 5. The Morgan fingerprint density at radius 2 is 1.90 bits per heavy atom. The minimum atomic E-state index is -0.393. The number of benzene rings is 1. The van der Waals surface area contributed by atoms with Gasteiger partial charge in [-0.2, -0.15) is 5.10 Å². The van der Waals surface area contributed by atoms with Gasteiger partial charge in [-0.3, -0.25) is 14.6 Å². The van der Waals surface area contributed by atoms with Crippen molar-refractivity contribution in [2.24, 2.45) is 5.10 Å². The fraction of sp³-hybridized carbons (Fsp3) is 0.217. The molecule has 0 spiro atoms. The van der Waals surface area contributed by atoms with Crippen LogP contribution in [-0.2, 0) is 6.42 Å². The number of furan rings is 1. The summed E-state index contributed by atoms with van der Waals surface area (Å²) in [4.78, 5) is 29.2. The van der Waals surface area contributed by atoms with Gasteiger partial charge in [0.25, 0.3) is 11.8 Å². The Balaban J connectivity index is 1.59. The molecule has 158 valence electrons. The molecular weight excluding hydrogens is 416 g/mol. The molecule has 0 radical (unpaired) electrons. The second-order valence-electron chi connectivity index (χ2n) is 7.29. The Morgan fingerprint density at radius 3 is 2.68 bits per heavy atom. The predicted octanol–water partition coefficient (Wildman–Crippen LogP) is 4.67. The van der Waals surface area contributed by atoms with Crippen molar-refractivity contribution in [3.05, 3.63) is 81.5 Å². The molecule has 2 N–H and O–H groups in total. The molecule has 2 amide bonds. The summed E-state index contributed by atoms with van der Waals surface area (Å²) in [6.07, 6.45) is 3.73. The quantitative estimate of drug-likeness (QED) is 0.581. The number of anilines is 1. The molecule has 1 aliphatic carbocycles. The molecule has 0 aliphatic heterocycles. The van der Waals surface area contributed by atoms with Crippen LogP contribution in [0.15, 0.2) is 52.1 Å². The van der Waals surface area contributed by atoms with E-state index in [0.29, 0.717) is 40.6 Å². The second-order valence-corrected chi connectivity index (χ2v) is 7.70. The van der Waals surface area contributed by atoms with Crippen molar-refractivity contribution in [3.63, 3.8) is 0 Å². The fourth-order valence-corrected chi connectivity index (χ4v) is 3.77. The summed E-state index contributed by atoms with van der Waals surface area (Å²) in [5, 5.41) is 7.76. The first-order valence-corrected chi connectivity index (χ1v) is 10.3. The van der Waals surface area contributed by atoms with Crippen LogP contribution in [0.1, 0.15) is 56.3 Å². The molecule has 1 aromatic carbocycles. The van der Waals surface area contributed by atoms with E-state index in [-0.39, 0.29) is 17.4 Å². The fourth-order valence-electron chi connectivity index (χ4n) is 3.59. The lowest BCUT2D eigenvalue weighted by Crippen LogP contribution is -2.22. The number of halogens is 1. The summed E-state index contributed by atoms with van der Waals surface area (Å²) in [6, 6.07) is 10.4. The number of nitrogens with zero attached hydrogens (tertiary/aromatic N) is 2. The second kappa shape index (κ2) is 8.73. The zero-order chi connectivity index (χ0) is 22.0. The summed E-state index contributed by atoms with van der Waals surface area (Å²) < 4.78 is 5.91. The summed E-state index contributed by atoms with van der Waals surface area (Å²) in [7, 11) is 0. The summed E-state index contributed by atoms with van der Waals surface area (Å²) >= 11 is 6.15. The largest absolute Gasteiger partial charge is 0.455 e. The average Bonchev–Trinajstić information content (AvgIpc) is 3.13. The van der Waals surface area contributed by atoms with E-state index >= 15 is 0 Å². The molecule has 0 fully saturated rings. The monoisotopic (exact) mass is 436 g/mol. The molecule has 1 aliphatic rings. The third-order valence-corrected chi connectivity index (χ3v) is 5.65. The molecule has 31 heavy (non-hydrogen) atoms. The van der Waals surface area contributed by atoms with E-state index in [9.17, 15) is 9.59 Å². The Hall–Kier alpha value is -3.45. The van der Waals surface area contributed by atoms with Crippen LogP contribution in [0.4, 0.5) is 5.69 Å². The number of fused-ring (bicyclic) bond motifs is 1. The van der Waals surface area contributed by atoms with Gasteiger partial charge in [0.1, 0.15) is 11.5 Å². The Labute approximate surface area is 184 Å². The first-order chi connectivity index (χ1) is 15.0. The molecule has 4 rings (SSSR count). The molecule has 0 saturated carbocycles. The summed E-state index contributed by atoms with van der Waals surface area (Å²) in [6.45, 7) is 3.66. The summed E-state index contributed by atoms with van der Waals surface area (Å²) in [5.41, 5.74) is 6.41. The van der Waals surface area contributed by atoms with Crippen molar-refractivity contribution in [1.29, 1.82) is 0 Å². The van der Waals surface area contributed by atoms with E-state index in [1.165, 1.54) is 0 Å². The third-order valence-electron chi connectivity index (χ3n) is 5.24. The first-order valence-electron chi connectivity index (χ1n) is 9.92. The zero-order valence-electron chi connectivity index (χ0n) is 17.2. The number of pyridine rings is 1. The van der Waals surface area contributed by atoms with Crippen molar-refractivity contribution in [2.45, 2.75) is 33.1 Å². The standard InChI is InChI=1S/C23H21ClN4O3/c1-13-15(24)7-5-9-16(13)26-23(30)21-14(2)20-17(10-6-11-19(20)31-21)27-28-22(29)18-8-3-4-12-25-18/h3-5,7-9,12H,6,10-11H2,1-2H3,(H,26,30)(H,28,29)/b27-17+. The van der Waals surface area contributed by atoms with E-state index in [2.05, 4.69) is 20.8 Å². The van der Waals surface area contributed by atoms with Crippen molar-refractivity contribution in [1.82, 2.24) is 10.4 Å². The van der Waals surface area contributed by atoms with Gasteiger partial charge in [-0.05, 0) is 56.5 Å². The van der Waals surface area contributed by atoms with Crippen LogP contribution < -0.4 is 10.7 Å². The van der Waals surface area contributed by atoms with Crippen molar-refractivity contribution in [3.8, 4) is 0 Å². The lowest BCUT2D eigenvalue weighted by molar-refractivity contribution is 0.0948. The molecule has 0 saturated heterocycles. The van der Waals surface area contributed by atoms with Gasteiger partial charge in [0, 0.05) is 34.5 Å². The minimum absolute atomic E-state index is 0.232. The molecule has 0 bridgehead atoms. The highest BCUT2D eigenvalue weighted by Gasteiger charge is 2.28. The maximum Gasteiger partial charge on any atom is 0.291 e. The van der Waals surface area contributed by atoms with Gasteiger partial charge < -0.3 is 9.73 Å². The van der Waals surface area contributed by atoms with Crippen molar-refractivity contribution < 1.29 is 14.0 Å². The molecule has 2 heterocycles. The van der Waals surface area contributed by atoms with Gasteiger partial charge in [0.05, 0.1) is 5.71 Å². The highest BCUT2D eigenvalue weighted by molar-refractivity contribution is 6.31. The number of carbonyl (C=O) groups excluding carboxylic acids is 2. The van der Waals surface area contributed by atoms with Crippen LogP contribution in [0.25, 0.3) is 0 Å². The van der Waals surface area contributed by atoms with Crippen LogP contribution in [0.2, 0.25) is 5.02 Å². The minimum Gasteiger partial charge on any atom is -0.455 e. The van der Waals surface area contributed by atoms with Gasteiger partial charge >= 0.3 is 0 Å². The molecular formula is C23H21ClN4O3. The SMILES string of the molecule is Cc1c(Cl)cccc1NC(=O)c1oc2c(c1C)/C(=N/NC(=O)c1ccccn1)CCC2. The summed E-state index contributed by atoms with van der Waals surface area (Å²) in [5.74, 6) is 0.183. The molecule has 2 aromatic heterocycles. The zero-order valence-corrected chi connectivity index (χ0v) is 17.9. The number of carbonyl (C=O) groups is 2. The van der Waals surface area contributed by atoms with E-state index in [1.54, 1.807) is 42.6 Å². The van der Waals surface area contributed by atoms with E-state index < -0.39 is 5.91 Å². The van der Waals surface area contributed by atoms with E-state index in [4.69, 9.17) is 16.0 Å². The normalized spacial score (nSPS) is 14.2. The Bertz CT molecular complexity index is 1190. The van der Waals surface area contributed by atoms with Crippen LogP contribution in [0.3, 0.4) is 0 Å². The van der Waals surface area contributed by atoms with Crippen LogP contribution in [0, 0.1) is 13.8 Å². The highest BCUT2D eigenvalue weighted by Crippen LogP contribution is 2.31. The number of nitrogens with one attached hydrogen (secondary N) is 2. The van der Waals surface area contributed by atoms with Gasteiger partial charge in [0.2, 0.25) is 0 Å². The average molecular weight is 437 g/mol. The maximum atomic E-state index is 12.9.